The fraction of sp³-hybridized carbons (Fsp3) is 0.233. The molecule has 0 aliphatic rings. The maximum Gasteiger partial charge on any atom is 0.304 e. The highest BCUT2D eigenvalue weighted by molar-refractivity contribution is 8.16. The Hall–Kier alpha value is -3.20. The van der Waals surface area contributed by atoms with E-state index in [9.17, 15) is 9.59 Å². The largest absolute Gasteiger partial charge is 0.487 e. The summed E-state index contributed by atoms with van der Waals surface area (Å²) in [4.78, 5) is 30.1. The van der Waals surface area contributed by atoms with Crippen molar-refractivity contribution in [2.75, 3.05) is 19.8 Å². The lowest BCUT2D eigenvalue weighted by atomic mass is 10.1. The van der Waals surface area contributed by atoms with Gasteiger partial charge in [-0.15, -0.1) is 23.5 Å². The minimum atomic E-state index is -0.825. The lowest BCUT2D eigenvalue weighted by molar-refractivity contribution is -0.136. The zero-order valence-corrected chi connectivity index (χ0v) is 24.1. The quantitative estimate of drug-likeness (QED) is 0.176. The Morgan fingerprint density at radius 2 is 1.79 bits per heavy atom. The molecule has 1 unspecified atom stereocenters. The number of hydrogen-bond donors (Lipinski definition) is 1. The number of pyridine rings is 1. The predicted octanol–water partition coefficient (Wildman–Crippen LogP) is 7.31. The van der Waals surface area contributed by atoms with Gasteiger partial charge in [0.1, 0.15) is 12.4 Å². The molecule has 0 bridgehead atoms. The Balaban J connectivity index is 1.49. The van der Waals surface area contributed by atoms with E-state index in [1.807, 2.05) is 78.9 Å². The van der Waals surface area contributed by atoms with E-state index in [1.54, 1.807) is 42.5 Å². The fourth-order valence-corrected chi connectivity index (χ4v) is 6.69. The van der Waals surface area contributed by atoms with E-state index in [2.05, 4.69) is 4.98 Å². The zero-order chi connectivity index (χ0) is 27.8. The van der Waals surface area contributed by atoms with E-state index in [4.69, 9.17) is 21.4 Å². The van der Waals surface area contributed by atoms with Crippen molar-refractivity contribution in [1.82, 2.24) is 9.88 Å². The van der Waals surface area contributed by atoms with Crippen LogP contribution in [-0.4, -0.2) is 46.7 Å². The number of amides is 1. The molecule has 202 valence electrons. The molecule has 0 aliphatic carbocycles. The number of carbonyl (C=O) groups is 2. The van der Waals surface area contributed by atoms with Crippen LogP contribution in [0.5, 0.6) is 5.75 Å². The third-order valence-corrected chi connectivity index (χ3v) is 8.98. The van der Waals surface area contributed by atoms with E-state index in [0.717, 1.165) is 27.7 Å². The van der Waals surface area contributed by atoms with Crippen molar-refractivity contribution in [3.05, 3.63) is 106 Å². The number of ether oxygens (including phenoxy) is 1. The molecule has 0 fully saturated rings. The summed E-state index contributed by atoms with van der Waals surface area (Å²) in [7, 11) is 3.48. The molecule has 0 aliphatic heterocycles. The first-order valence-electron chi connectivity index (χ1n) is 12.3. The summed E-state index contributed by atoms with van der Waals surface area (Å²) >= 11 is 9.36. The second-order valence-electron chi connectivity index (χ2n) is 9.01. The molecule has 4 aromatic rings. The van der Waals surface area contributed by atoms with Crippen LogP contribution in [0, 0.1) is 0 Å². The Morgan fingerprint density at radius 1 is 1.00 bits per heavy atom. The van der Waals surface area contributed by atoms with Crippen LogP contribution in [0.2, 0.25) is 5.02 Å². The first-order chi connectivity index (χ1) is 18.8. The lowest BCUT2D eigenvalue weighted by Gasteiger charge is -2.19. The average Bonchev–Trinajstić information content (AvgIpc) is 2.93. The molecule has 1 atom stereocenters. The highest BCUT2D eigenvalue weighted by atomic mass is 35.5. The monoisotopic (exact) mass is 580 g/mol. The number of aromatic nitrogens is 1. The van der Waals surface area contributed by atoms with Crippen LogP contribution in [0.4, 0.5) is 0 Å². The summed E-state index contributed by atoms with van der Waals surface area (Å²) in [6, 6.07) is 25.0. The van der Waals surface area contributed by atoms with Crippen molar-refractivity contribution < 1.29 is 19.4 Å². The van der Waals surface area contributed by atoms with Crippen LogP contribution in [0.1, 0.15) is 38.2 Å². The van der Waals surface area contributed by atoms with E-state index >= 15 is 0 Å². The van der Waals surface area contributed by atoms with Crippen molar-refractivity contribution in [1.29, 1.82) is 0 Å². The second-order valence-corrected chi connectivity index (χ2v) is 12.1. The molecule has 6 nitrogen and oxygen atoms in total. The van der Waals surface area contributed by atoms with Gasteiger partial charge in [0.25, 0.3) is 5.91 Å². The van der Waals surface area contributed by atoms with E-state index in [-0.39, 0.29) is 16.9 Å². The van der Waals surface area contributed by atoms with Crippen LogP contribution < -0.4 is 4.74 Å². The van der Waals surface area contributed by atoms with Gasteiger partial charge in [0.15, 0.2) is 0 Å². The molecule has 3 aromatic carbocycles. The summed E-state index contributed by atoms with van der Waals surface area (Å²) in [6.07, 6.45) is 0.0747. The van der Waals surface area contributed by atoms with Gasteiger partial charge in [0.2, 0.25) is 0 Å². The van der Waals surface area contributed by atoms with Crippen molar-refractivity contribution in [2.24, 2.45) is 0 Å². The van der Waals surface area contributed by atoms with Crippen LogP contribution >= 0.6 is 35.1 Å². The molecule has 0 saturated heterocycles. The second kappa shape index (κ2) is 13.7. The molecule has 0 radical (unpaired) electrons. The molecule has 9 heteroatoms. The van der Waals surface area contributed by atoms with Crippen LogP contribution in [0.25, 0.3) is 10.9 Å². The number of rotatable bonds is 12. The molecular formula is C30H29ClN2O4S2. The fourth-order valence-electron chi connectivity index (χ4n) is 3.88. The molecule has 1 N–H and O–H groups in total. The SMILES string of the molecule is CN(C)C(=O)c1ccccc1CSC(SCCC(=O)O)c1cccc(OCc2ccc3ccc(Cl)cc3n2)c1. The number of carboxylic acid groups (broad SMARTS) is 1. The average molecular weight is 581 g/mol. The highest BCUT2D eigenvalue weighted by Crippen LogP contribution is 2.42. The first kappa shape index (κ1) is 28.8. The van der Waals surface area contributed by atoms with Gasteiger partial charge in [-0.3, -0.25) is 9.59 Å². The number of nitrogens with zero attached hydrogens (tertiary/aromatic N) is 2. The molecule has 1 heterocycles. The Morgan fingerprint density at radius 3 is 2.59 bits per heavy atom. The van der Waals surface area contributed by atoms with Gasteiger partial charge in [0.05, 0.1) is 22.2 Å². The molecule has 1 aromatic heterocycles. The number of halogens is 1. The van der Waals surface area contributed by atoms with Crippen LogP contribution in [0.3, 0.4) is 0 Å². The smallest absolute Gasteiger partial charge is 0.304 e. The van der Waals surface area contributed by atoms with E-state index < -0.39 is 5.97 Å². The summed E-state index contributed by atoms with van der Waals surface area (Å²) in [5, 5.41) is 10.8. The first-order valence-corrected chi connectivity index (χ1v) is 14.8. The number of hydrogen-bond acceptors (Lipinski definition) is 6. The zero-order valence-electron chi connectivity index (χ0n) is 21.7. The maximum absolute atomic E-state index is 12.7. The van der Waals surface area contributed by atoms with Crippen molar-refractivity contribution in [2.45, 2.75) is 23.4 Å². The molecule has 39 heavy (non-hydrogen) atoms. The minimum Gasteiger partial charge on any atom is -0.487 e. The predicted molar refractivity (Wildman–Crippen MR) is 161 cm³/mol. The van der Waals surface area contributed by atoms with E-state index in [1.165, 1.54) is 0 Å². The minimum absolute atomic E-state index is 0.0405. The molecular weight excluding hydrogens is 552 g/mol. The highest BCUT2D eigenvalue weighted by Gasteiger charge is 2.18. The van der Waals surface area contributed by atoms with Gasteiger partial charge in [0, 0.05) is 41.6 Å². The van der Waals surface area contributed by atoms with Gasteiger partial charge in [-0.2, -0.15) is 0 Å². The van der Waals surface area contributed by atoms with Gasteiger partial charge in [-0.05, 0) is 47.5 Å². The number of aliphatic carboxylic acids is 1. The summed E-state index contributed by atoms with van der Waals surface area (Å²) in [5.41, 5.74) is 4.24. The van der Waals surface area contributed by atoms with Gasteiger partial charge >= 0.3 is 5.97 Å². The maximum atomic E-state index is 12.7. The molecule has 1 amide bonds. The number of carbonyl (C=O) groups excluding carboxylic acids is 1. The van der Waals surface area contributed by atoms with Crippen LogP contribution in [-0.2, 0) is 17.2 Å². The molecule has 0 spiro atoms. The van der Waals surface area contributed by atoms with Crippen LogP contribution in [0.15, 0.2) is 78.9 Å². The third kappa shape index (κ3) is 8.14. The van der Waals surface area contributed by atoms with Crippen molar-refractivity contribution in [3.63, 3.8) is 0 Å². The van der Waals surface area contributed by atoms with Gasteiger partial charge < -0.3 is 14.7 Å². The summed E-state index contributed by atoms with van der Waals surface area (Å²) in [6.45, 7) is 0.301. The molecule has 4 rings (SSSR count). The molecule has 0 saturated carbocycles. The Bertz CT molecular complexity index is 1460. The normalized spacial score (nSPS) is 11.8. The number of carboxylic acids is 1. The summed E-state index contributed by atoms with van der Waals surface area (Å²) < 4.78 is 6.04. The Kier molecular flexibility index (Phi) is 10.1. The van der Waals surface area contributed by atoms with Crippen molar-refractivity contribution >= 4 is 57.9 Å². The number of fused-ring (bicyclic) bond motifs is 1. The summed E-state index contributed by atoms with van der Waals surface area (Å²) in [5.74, 6) is 0.915. The van der Waals surface area contributed by atoms with Crippen molar-refractivity contribution in [3.8, 4) is 5.75 Å². The lowest BCUT2D eigenvalue weighted by Crippen LogP contribution is -2.22. The van der Waals surface area contributed by atoms with E-state index in [0.29, 0.717) is 34.4 Å². The number of benzene rings is 3. The Labute approximate surface area is 241 Å². The third-order valence-electron chi connectivity index (χ3n) is 5.86. The van der Waals surface area contributed by atoms with Gasteiger partial charge in [-0.25, -0.2) is 4.98 Å². The number of thioether (sulfide) groups is 2. The topological polar surface area (TPSA) is 79.7 Å². The standard InChI is InChI=1S/C30H29ClN2O4S2/c1-33(2)29(36)26-9-4-3-6-22(26)19-39-30(38-15-14-28(34)35)21-7-5-8-25(16-21)37-18-24-13-11-20-10-12-23(31)17-27(20)32-24/h3-13,16-17,30H,14-15,18-19H2,1-2H3,(H,34,35). The van der Waals surface area contributed by atoms with Gasteiger partial charge in [-0.1, -0.05) is 54.1 Å².